The van der Waals surface area contributed by atoms with E-state index in [9.17, 15) is 9.90 Å². The normalized spacial score (nSPS) is 25.5. The number of nitrogens with one attached hydrogen (secondary N) is 2. The highest BCUT2D eigenvalue weighted by molar-refractivity contribution is 7.98. The third-order valence-corrected chi connectivity index (χ3v) is 8.94. The Labute approximate surface area is 263 Å². The van der Waals surface area contributed by atoms with E-state index in [0.29, 0.717) is 11.6 Å². The Morgan fingerprint density at radius 1 is 1.16 bits per heavy atom. The predicted molar refractivity (Wildman–Crippen MR) is 166 cm³/mol. The van der Waals surface area contributed by atoms with Crippen LogP contribution in [0.1, 0.15) is 55.4 Å². The van der Waals surface area contributed by atoms with Crippen molar-refractivity contribution >= 4 is 39.4 Å². The molecule has 14 heteroatoms. The van der Waals surface area contributed by atoms with Crippen molar-refractivity contribution in [3.05, 3.63) is 64.7 Å². The number of aromatic nitrogens is 4. The summed E-state index contributed by atoms with van der Waals surface area (Å²) in [5.41, 5.74) is 7.41. The first kappa shape index (κ1) is 30.9. The molecular formula is C30H36N6O6S2. The number of benzene rings is 2. The number of thioether (sulfide) groups is 1. The Kier molecular flexibility index (Phi) is 8.67. The summed E-state index contributed by atoms with van der Waals surface area (Å²) in [5.74, 6) is 0.931. The number of ether oxygens (including phenoxy) is 4. The number of aryl methyl sites for hydroxylation is 2. The number of fused-ring (bicyclic) bond motifs is 2. The highest BCUT2D eigenvalue weighted by Gasteiger charge is 2.51. The molecule has 0 aliphatic carbocycles. The van der Waals surface area contributed by atoms with Gasteiger partial charge in [-0.3, -0.25) is 5.43 Å². The molecule has 4 heterocycles. The zero-order valence-corrected chi connectivity index (χ0v) is 26.9. The van der Waals surface area contributed by atoms with Crippen LogP contribution in [0.3, 0.4) is 0 Å². The number of rotatable bonds is 6. The third-order valence-electron chi connectivity index (χ3n) is 7.24. The highest BCUT2D eigenvalue weighted by Crippen LogP contribution is 2.40. The summed E-state index contributed by atoms with van der Waals surface area (Å²) in [7, 11) is 0. The second kappa shape index (κ2) is 12.4. The molecule has 12 nitrogen and oxygen atoms in total. The van der Waals surface area contributed by atoms with Gasteiger partial charge < -0.3 is 24.1 Å². The number of aliphatic hydroxyl groups is 1. The molecule has 2 aromatic carbocycles. The van der Waals surface area contributed by atoms with Gasteiger partial charge in [-0.05, 0) is 53.0 Å². The van der Waals surface area contributed by atoms with Gasteiger partial charge in [-0.25, -0.2) is 24.9 Å². The van der Waals surface area contributed by atoms with Crippen LogP contribution >= 0.6 is 23.1 Å². The molecule has 6 atom stereocenters. The number of hydrazine groups is 1. The second-order valence-corrected chi connectivity index (χ2v) is 13.8. The van der Waals surface area contributed by atoms with Crippen LogP contribution < -0.4 is 10.9 Å². The van der Waals surface area contributed by atoms with Crippen molar-refractivity contribution in [3.8, 4) is 5.69 Å². The largest absolute Gasteiger partial charge is 0.443 e. The quantitative estimate of drug-likeness (QED) is 0.202. The summed E-state index contributed by atoms with van der Waals surface area (Å²) in [4.78, 5) is 22.9. The lowest BCUT2D eigenvalue weighted by Crippen LogP contribution is -2.66. The van der Waals surface area contributed by atoms with Gasteiger partial charge in [0.25, 0.3) is 0 Å². The smallest absolute Gasteiger partial charge is 0.422 e. The average molecular weight is 641 g/mol. The van der Waals surface area contributed by atoms with Crippen LogP contribution in [0.5, 0.6) is 0 Å². The van der Waals surface area contributed by atoms with Crippen molar-refractivity contribution in [2.75, 3.05) is 12.9 Å². The number of thiazole rings is 1. The van der Waals surface area contributed by atoms with Crippen molar-refractivity contribution in [1.29, 1.82) is 0 Å². The van der Waals surface area contributed by atoms with Crippen LogP contribution in [0.2, 0.25) is 0 Å². The summed E-state index contributed by atoms with van der Waals surface area (Å²) >= 11 is 3.17. The first-order valence-corrected chi connectivity index (χ1v) is 16.3. The van der Waals surface area contributed by atoms with E-state index in [1.54, 1.807) is 55.5 Å². The molecule has 2 saturated heterocycles. The van der Waals surface area contributed by atoms with Crippen molar-refractivity contribution < 1.29 is 28.8 Å². The van der Waals surface area contributed by atoms with Gasteiger partial charge in [0.2, 0.25) is 0 Å². The topological polar surface area (TPSA) is 142 Å². The zero-order chi connectivity index (χ0) is 31.2. The molecular weight excluding hydrogens is 605 g/mol. The summed E-state index contributed by atoms with van der Waals surface area (Å²) < 4.78 is 27.1. The number of carbonyl (C=O) groups is 1. The molecule has 0 radical (unpaired) electrons. The van der Waals surface area contributed by atoms with Gasteiger partial charge in [-0.15, -0.1) is 23.1 Å². The van der Waals surface area contributed by atoms with Gasteiger partial charge in [-0.2, -0.15) is 5.10 Å². The standard InChI is InChI=1S/C30H36N6O6S2/c1-15-31-27(36(35-15)19-13-21-18(12-22(19)43-6)32-16(2)44-21)26-24(37)23(33-34-29(38)42-30(3,4)5)25-20(40-26)14-39-28(41-25)17-10-8-7-9-11-17/h7-13,20,23-26,28,33,37H,14H2,1-6H3,(H,34,38)/t20?,23?,24?,25-,26+,28?/m0/s1. The minimum Gasteiger partial charge on any atom is -0.443 e. The van der Waals surface area contributed by atoms with Crippen LogP contribution in [-0.2, 0) is 18.9 Å². The summed E-state index contributed by atoms with van der Waals surface area (Å²) in [6.07, 6.45) is -2.82. The molecule has 0 saturated carbocycles. The van der Waals surface area contributed by atoms with Crippen LogP contribution in [0, 0.1) is 13.8 Å². The molecule has 2 aromatic heterocycles. The second-order valence-electron chi connectivity index (χ2n) is 11.7. The third kappa shape index (κ3) is 6.33. The average Bonchev–Trinajstić information content (AvgIpc) is 3.55. The first-order chi connectivity index (χ1) is 21.0. The molecule has 2 fully saturated rings. The van der Waals surface area contributed by atoms with Crippen LogP contribution in [0.4, 0.5) is 4.79 Å². The fourth-order valence-electron chi connectivity index (χ4n) is 5.42. The number of amides is 1. The van der Waals surface area contributed by atoms with E-state index in [1.165, 1.54) is 0 Å². The molecule has 4 unspecified atom stereocenters. The van der Waals surface area contributed by atoms with Gasteiger partial charge in [0.1, 0.15) is 35.8 Å². The van der Waals surface area contributed by atoms with E-state index in [1.807, 2.05) is 55.6 Å². The van der Waals surface area contributed by atoms with Crippen LogP contribution in [0.15, 0.2) is 47.4 Å². The molecule has 1 amide bonds. The summed E-state index contributed by atoms with van der Waals surface area (Å²) in [6.45, 7) is 9.28. The lowest BCUT2D eigenvalue weighted by Gasteiger charge is -2.48. The van der Waals surface area contributed by atoms with Crippen LogP contribution in [0.25, 0.3) is 15.9 Å². The maximum Gasteiger partial charge on any atom is 0.422 e. The van der Waals surface area contributed by atoms with E-state index >= 15 is 0 Å². The lowest BCUT2D eigenvalue weighted by atomic mass is 9.91. The Hall–Kier alpha value is -3.11. The minimum absolute atomic E-state index is 0.188. The molecule has 234 valence electrons. The molecule has 44 heavy (non-hydrogen) atoms. The van der Waals surface area contributed by atoms with Gasteiger partial charge in [0, 0.05) is 10.5 Å². The van der Waals surface area contributed by atoms with Gasteiger partial charge >= 0.3 is 6.09 Å². The minimum atomic E-state index is -1.21. The zero-order valence-electron chi connectivity index (χ0n) is 25.3. The molecule has 2 aliphatic heterocycles. The van der Waals surface area contributed by atoms with Gasteiger partial charge in [0.15, 0.2) is 12.1 Å². The number of aliphatic hydroxyl groups excluding tert-OH is 1. The van der Waals surface area contributed by atoms with Gasteiger partial charge in [-0.1, -0.05) is 30.3 Å². The molecule has 0 bridgehead atoms. The maximum absolute atomic E-state index is 12.6. The van der Waals surface area contributed by atoms with Crippen molar-refractivity contribution in [3.63, 3.8) is 0 Å². The highest BCUT2D eigenvalue weighted by atomic mass is 32.2. The predicted octanol–water partition coefficient (Wildman–Crippen LogP) is 4.53. The fraction of sp³-hybridized carbons (Fsp3) is 0.467. The van der Waals surface area contributed by atoms with E-state index < -0.39 is 48.4 Å². The maximum atomic E-state index is 12.6. The molecule has 3 N–H and O–H groups in total. The number of hydrogen-bond donors (Lipinski definition) is 3. The molecule has 4 aromatic rings. The van der Waals surface area contributed by atoms with E-state index in [2.05, 4.69) is 15.8 Å². The van der Waals surface area contributed by atoms with Gasteiger partial charge in [0.05, 0.1) is 33.6 Å². The van der Waals surface area contributed by atoms with Crippen molar-refractivity contribution in [1.82, 2.24) is 30.6 Å². The van der Waals surface area contributed by atoms with Crippen molar-refractivity contribution in [2.24, 2.45) is 0 Å². The van der Waals surface area contributed by atoms with Crippen molar-refractivity contribution in [2.45, 2.75) is 81.9 Å². The Bertz CT molecular complexity index is 1640. The molecule has 0 spiro atoms. The van der Waals surface area contributed by atoms with E-state index in [4.69, 9.17) is 29.0 Å². The first-order valence-electron chi connectivity index (χ1n) is 14.3. The van der Waals surface area contributed by atoms with E-state index in [0.717, 1.165) is 31.4 Å². The lowest BCUT2D eigenvalue weighted by molar-refractivity contribution is -0.313. The monoisotopic (exact) mass is 640 g/mol. The Morgan fingerprint density at radius 3 is 2.66 bits per heavy atom. The number of hydrogen-bond acceptors (Lipinski definition) is 12. The Morgan fingerprint density at radius 2 is 1.93 bits per heavy atom. The number of carbonyl (C=O) groups excluding carboxylic acids is 1. The van der Waals surface area contributed by atoms with E-state index in [-0.39, 0.29) is 6.61 Å². The summed E-state index contributed by atoms with van der Waals surface area (Å²) in [6, 6.07) is 12.8. The van der Waals surface area contributed by atoms with Crippen LogP contribution in [-0.4, -0.2) is 73.8 Å². The molecule has 2 aliphatic rings. The molecule has 6 rings (SSSR count). The Balaban J connectivity index is 1.35. The fourth-order valence-corrected chi connectivity index (χ4v) is 6.85. The SMILES string of the molecule is CSc1cc2nc(C)sc2cc1-n1nc(C)nc1[C@@H]1OC2COC(c3ccccc3)O[C@@H]2C(NNC(=O)OC(C)(C)C)C1O. The number of nitrogens with zero attached hydrogens (tertiary/aromatic N) is 4. The summed E-state index contributed by atoms with van der Waals surface area (Å²) in [5, 5.41) is 17.6.